The highest BCUT2D eigenvalue weighted by molar-refractivity contribution is 5.81. The van der Waals surface area contributed by atoms with E-state index in [0.29, 0.717) is 12.0 Å². The minimum atomic E-state index is -1.21. The number of carboxylic acids is 1. The van der Waals surface area contributed by atoms with E-state index < -0.39 is 34.8 Å². The van der Waals surface area contributed by atoms with Crippen LogP contribution in [0.5, 0.6) is 11.5 Å². The summed E-state index contributed by atoms with van der Waals surface area (Å²) in [5.41, 5.74) is -1.09. The number of carbonyl (C=O) groups excluding carboxylic acids is 3. The van der Waals surface area contributed by atoms with Crippen LogP contribution in [0, 0.1) is 10.8 Å². The molecule has 1 amide bonds. The zero-order valence-corrected chi connectivity index (χ0v) is 17.0. The first kappa shape index (κ1) is 23.1. The molecule has 1 rings (SSSR count). The highest BCUT2D eigenvalue weighted by Gasteiger charge is 2.28. The normalized spacial score (nSPS) is 12.6. The van der Waals surface area contributed by atoms with Gasteiger partial charge in [-0.2, -0.15) is 0 Å². The Balaban J connectivity index is 3.25. The quantitative estimate of drug-likeness (QED) is 0.414. The van der Waals surface area contributed by atoms with Gasteiger partial charge in [-0.15, -0.1) is 0 Å². The summed E-state index contributed by atoms with van der Waals surface area (Å²) in [4.78, 5) is 46.3. The van der Waals surface area contributed by atoms with Crippen LogP contribution in [0.4, 0.5) is 0 Å². The predicted octanol–water partition coefficient (Wildman–Crippen LogP) is 2.33. The number of esters is 2. The number of carboxylic acid groups (broad SMARTS) is 1. The standard InChI is InChI=1S/C20H27NO7/c1-19(2,3)17(25)27-14-8-7-12(9-13(16(23)24)21-11-22)10-15(14)28-18(26)20(4,5)6/h7-8,10-11,13H,9H2,1-6H3,(H,21,22)(H,23,24). The Hall–Kier alpha value is -2.90. The lowest BCUT2D eigenvalue weighted by molar-refractivity contribution is -0.145. The lowest BCUT2D eigenvalue weighted by atomic mass is 9.97. The van der Waals surface area contributed by atoms with Crippen LogP contribution in [0.1, 0.15) is 47.1 Å². The fourth-order valence-corrected chi connectivity index (χ4v) is 1.88. The molecular weight excluding hydrogens is 366 g/mol. The molecule has 0 aromatic heterocycles. The van der Waals surface area contributed by atoms with Gasteiger partial charge in [0.2, 0.25) is 6.41 Å². The average molecular weight is 393 g/mol. The van der Waals surface area contributed by atoms with Crippen molar-refractivity contribution in [1.29, 1.82) is 0 Å². The number of carbonyl (C=O) groups is 4. The van der Waals surface area contributed by atoms with Crippen molar-refractivity contribution in [1.82, 2.24) is 5.32 Å². The van der Waals surface area contributed by atoms with Gasteiger partial charge in [-0.25, -0.2) is 4.79 Å². The fraction of sp³-hybridized carbons (Fsp3) is 0.500. The summed E-state index contributed by atoms with van der Waals surface area (Å²) in [6.45, 7) is 10.1. The zero-order chi connectivity index (χ0) is 21.7. The largest absolute Gasteiger partial charge is 0.480 e. The van der Waals surface area contributed by atoms with Crippen molar-refractivity contribution < 1.29 is 33.8 Å². The first-order valence-electron chi connectivity index (χ1n) is 8.75. The van der Waals surface area contributed by atoms with Crippen LogP contribution in [0.2, 0.25) is 0 Å². The van der Waals surface area contributed by atoms with E-state index in [4.69, 9.17) is 9.47 Å². The molecule has 0 radical (unpaired) electrons. The van der Waals surface area contributed by atoms with E-state index in [1.807, 2.05) is 0 Å². The molecule has 154 valence electrons. The molecule has 0 saturated carbocycles. The third kappa shape index (κ3) is 6.68. The number of hydrogen-bond donors (Lipinski definition) is 2. The molecule has 8 heteroatoms. The van der Waals surface area contributed by atoms with E-state index in [1.165, 1.54) is 12.1 Å². The maximum atomic E-state index is 12.3. The van der Waals surface area contributed by atoms with Crippen molar-refractivity contribution in [3.05, 3.63) is 23.8 Å². The van der Waals surface area contributed by atoms with Gasteiger partial charge in [-0.05, 0) is 59.2 Å². The molecule has 0 heterocycles. The SMILES string of the molecule is CC(C)(C)C(=O)Oc1ccc(CC(NC=O)C(=O)O)cc1OC(=O)C(C)(C)C. The lowest BCUT2D eigenvalue weighted by Gasteiger charge is -2.21. The van der Waals surface area contributed by atoms with Crippen LogP contribution in [0.15, 0.2) is 18.2 Å². The first-order chi connectivity index (χ1) is 12.8. The van der Waals surface area contributed by atoms with Gasteiger partial charge in [-0.1, -0.05) is 6.07 Å². The molecule has 2 N–H and O–H groups in total. The smallest absolute Gasteiger partial charge is 0.326 e. The summed E-state index contributed by atoms with van der Waals surface area (Å²) < 4.78 is 10.8. The van der Waals surface area contributed by atoms with Gasteiger partial charge in [0.05, 0.1) is 10.8 Å². The molecule has 1 aromatic rings. The molecular formula is C20H27NO7. The van der Waals surface area contributed by atoms with Crippen LogP contribution < -0.4 is 14.8 Å². The number of aliphatic carboxylic acids is 1. The van der Waals surface area contributed by atoms with Gasteiger partial charge in [0.25, 0.3) is 0 Å². The summed E-state index contributed by atoms with van der Waals surface area (Å²) >= 11 is 0. The van der Waals surface area contributed by atoms with Crippen molar-refractivity contribution in [2.24, 2.45) is 10.8 Å². The number of rotatable bonds is 7. The Morgan fingerprint density at radius 2 is 1.50 bits per heavy atom. The van der Waals surface area contributed by atoms with Gasteiger partial charge in [-0.3, -0.25) is 14.4 Å². The van der Waals surface area contributed by atoms with Crippen molar-refractivity contribution in [3.8, 4) is 11.5 Å². The molecule has 0 fully saturated rings. The highest BCUT2D eigenvalue weighted by atomic mass is 16.6. The van der Waals surface area contributed by atoms with E-state index in [1.54, 1.807) is 47.6 Å². The number of ether oxygens (including phenoxy) is 2. The van der Waals surface area contributed by atoms with Crippen LogP contribution in [-0.4, -0.2) is 35.5 Å². The molecule has 1 unspecified atom stereocenters. The van der Waals surface area contributed by atoms with Crippen molar-refractivity contribution in [2.45, 2.75) is 54.0 Å². The summed E-state index contributed by atoms with van der Waals surface area (Å²) in [5, 5.41) is 11.4. The van der Waals surface area contributed by atoms with Crippen LogP contribution >= 0.6 is 0 Å². The molecule has 0 aliphatic rings. The van der Waals surface area contributed by atoms with E-state index in [9.17, 15) is 24.3 Å². The molecule has 0 saturated heterocycles. The highest BCUT2D eigenvalue weighted by Crippen LogP contribution is 2.32. The first-order valence-corrected chi connectivity index (χ1v) is 8.75. The van der Waals surface area contributed by atoms with Gasteiger partial charge >= 0.3 is 17.9 Å². The number of nitrogens with one attached hydrogen (secondary N) is 1. The third-order valence-corrected chi connectivity index (χ3v) is 3.65. The average Bonchev–Trinajstić information content (AvgIpc) is 2.54. The van der Waals surface area contributed by atoms with Gasteiger partial charge < -0.3 is 19.9 Å². The molecule has 8 nitrogen and oxygen atoms in total. The van der Waals surface area contributed by atoms with Crippen molar-refractivity contribution in [2.75, 3.05) is 0 Å². The van der Waals surface area contributed by atoms with Gasteiger partial charge in [0, 0.05) is 6.42 Å². The second-order valence-corrected chi connectivity index (χ2v) is 8.44. The van der Waals surface area contributed by atoms with Crippen molar-refractivity contribution >= 4 is 24.3 Å². The number of amides is 1. The molecule has 0 spiro atoms. The minimum Gasteiger partial charge on any atom is -0.480 e. The minimum absolute atomic E-state index is 0.00488. The molecule has 1 aromatic carbocycles. The maximum Gasteiger partial charge on any atom is 0.326 e. The zero-order valence-electron chi connectivity index (χ0n) is 17.0. The van der Waals surface area contributed by atoms with Crippen LogP contribution in [-0.2, 0) is 25.6 Å². The molecule has 0 bridgehead atoms. The summed E-state index contributed by atoms with van der Waals surface area (Å²) in [7, 11) is 0. The van der Waals surface area contributed by atoms with E-state index in [-0.39, 0.29) is 17.9 Å². The fourth-order valence-electron chi connectivity index (χ4n) is 1.88. The van der Waals surface area contributed by atoms with Crippen molar-refractivity contribution in [3.63, 3.8) is 0 Å². The summed E-state index contributed by atoms with van der Waals surface area (Å²) in [6, 6.07) is 3.26. The monoisotopic (exact) mass is 393 g/mol. The third-order valence-electron chi connectivity index (χ3n) is 3.65. The maximum absolute atomic E-state index is 12.3. The number of hydrogen-bond acceptors (Lipinski definition) is 6. The Kier molecular flexibility index (Phi) is 7.32. The number of benzene rings is 1. The summed E-state index contributed by atoms with van der Waals surface area (Å²) in [6.07, 6.45) is 0.264. The Bertz CT molecular complexity index is 757. The Morgan fingerprint density at radius 1 is 1.00 bits per heavy atom. The van der Waals surface area contributed by atoms with Gasteiger partial charge in [0.1, 0.15) is 6.04 Å². The topological polar surface area (TPSA) is 119 Å². The second kappa shape index (κ2) is 8.86. The van der Waals surface area contributed by atoms with Crippen LogP contribution in [0.3, 0.4) is 0 Å². The molecule has 0 aliphatic heterocycles. The molecule has 0 aliphatic carbocycles. The predicted molar refractivity (Wildman–Crippen MR) is 101 cm³/mol. The molecule has 28 heavy (non-hydrogen) atoms. The second-order valence-electron chi connectivity index (χ2n) is 8.44. The van der Waals surface area contributed by atoms with Crippen LogP contribution in [0.25, 0.3) is 0 Å². The van der Waals surface area contributed by atoms with E-state index in [2.05, 4.69) is 5.32 Å². The van der Waals surface area contributed by atoms with E-state index in [0.717, 1.165) is 0 Å². The molecule has 1 atom stereocenters. The Labute approximate surface area is 164 Å². The van der Waals surface area contributed by atoms with Gasteiger partial charge in [0.15, 0.2) is 11.5 Å². The Morgan fingerprint density at radius 3 is 1.93 bits per heavy atom. The summed E-state index contributed by atoms with van der Waals surface area (Å²) in [5.74, 6) is -2.21. The van der Waals surface area contributed by atoms with E-state index >= 15 is 0 Å². The lowest BCUT2D eigenvalue weighted by Crippen LogP contribution is -2.37.